The molecule has 0 fully saturated rings. The number of rotatable bonds is 6. The van der Waals surface area contributed by atoms with Gasteiger partial charge in [0.25, 0.3) is 11.8 Å². The van der Waals surface area contributed by atoms with Crippen molar-refractivity contribution in [3.05, 3.63) is 94.5 Å². The first-order chi connectivity index (χ1) is 15.0. The molecular weight excluding hydrogens is 416 g/mol. The minimum atomic E-state index is -1.06. The molecule has 7 heteroatoms. The number of nitrogens with zero attached hydrogens (tertiary/aromatic N) is 1. The molecule has 1 atom stereocenters. The second kappa shape index (κ2) is 8.62. The van der Waals surface area contributed by atoms with Gasteiger partial charge in [-0.3, -0.25) is 19.3 Å². The first kappa shape index (κ1) is 20.6. The molecule has 1 N–H and O–H groups in total. The average molecular weight is 435 g/mol. The first-order valence-electron chi connectivity index (χ1n) is 9.65. The highest BCUT2D eigenvalue weighted by Gasteiger charge is 2.42. The molecule has 1 aliphatic heterocycles. The zero-order chi connectivity index (χ0) is 22.0. The van der Waals surface area contributed by atoms with Crippen LogP contribution in [-0.4, -0.2) is 35.8 Å². The summed E-state index contributed by atoms with van der Waals surface area (Å²) in [6, 6.07) is 19.6. The van der Waals surface area contributed by atoms with E-state index in [0.717, 1.165) is 10.5 Å². The average Bonchev–Trinajstić information content (AvgIpc) is 3.03. The van der Waals surface area contributed by atoms with Gasteiger partial charge < -0.3 is 10.1 Å². The molecule has 0 saturated heterocycles. The van der Waals surface area contributed by atoms with E-state index >= 15 is 0 Å². The van der Waals surface area contributed by atoms with Crippen molar-refractivity contribution in [3.63, 3.8) is 0 Å². The van der Waals surface area contributed by atoms with E-state index < -0.39 is 23.8 Å². The molecule has 1 heterocycles. The number of fused-ring (bicyclic) bond motifs is 1. The largest absolute Gasteiger partial charge is 0.495 e. The molecule has 31 heavy (non-hydrogen) atoms. The predicted octanol–water partition coefficient (Wildman–Crippen LogP) is 4.19. The van der Waals surface area contributed by atoms with E-state index in [2.05, 4.69) is 5.32 Å². The van der Waals surface area contributed by atoms with Crippen molar-refractivity contribution in [2.24, 2.45) is 0 Å². The number of benzene rings is 3. The smallest absolute Gasteiger partial charge is 0.262 e. The van der Waals surface area contributed by atoms with Crippen LogP contribution in [0.25, 0.3) is 0 Å². The Morgan fingerprint density at radius 3 is 2.19 bits per heavy atom. The van der Waals surface area contributed by atoms with Crippen LogP contribution in [0.3, 0.4) is 0 Å². The maximum Gasteiger partial charge on any atom is 0.262 e. The van der Waals surface area contributed by atoms with Crippen LogP contribution in [0, 0.1) is 0 Å². The molecule has 0 aromatic heterocycles. The Kier molecular flexibility index (Phi) is 5.73. The Balaban J connectivity index is 1.70. The van der Waals surface area contributed by atoms with Crippen molar-refractivity contribution in [1.82, 2.24) is 4.90 Å². The van der Waals surface area contributed by atoms with Crippen LogP contribution in [-0.2, 0) is 11.2 Å². The summed E-state index contributed by atoms with van der Waals surface area (Å²) >= 11 is 6.08. The molecule has 3 amide bonds. The minimum absolute atomic E-state index is 0.168. The third-order valence-corrected chi connectivity index (χ3v) is 5.37. The summed E-state index contributed by atoms with van der Waals surface area (Å²) in [5, 5.41) is 3.19. The van der Waals surface area contributed by atoms with E-state index in [1.807, 2.05) is 30.3 Å². The second-order valence-corrected chi connectivity index (χ2v) is 7.50. The zero-order valence-corrected chi connectivity index (χ0v) is 17.4. The SMILES string of the molecule is COc1ccc(Cl)cc1NC(=O)[C@H](Cc1ccccc1)N1C(=O)c2ccccc2C1=O. The third kappa shape index (κ3) is 4.02. The van der Waals surface area contributed by atoms with Crippen LogP contribution in [0.2, 0.25) is 5.02 Å². The van der Waals surface area contributed by atoms with E-state index in [1.54, 1.807) is 42.5 Å². The fraction of sp³-hybridized carbons (Fsp3) is 0.125. The lowest BCUT2D eigenvalue weighted by Crippen LogP contribution is -2.48. The van der Waals surface area contributed by atoms with E-state index in [4.69, 9.17) is 16.3 Å². The molecule has 1 aliphatic rings. The van der Waals surface area contributed by atoms with E-state index in [-0.39, 0.29) is 6.42 Å². The van der Waals surface area contributed by atoms with Crippen LogP contribution in [0.5, 0.6) is 5.75 Å². The molecule has 0 spiro atoms. The predicted molar refractivity (Wildman–Crippen MR) is 118 cm³/mol. The number of imide groups is 1. The Morgan fingerprint density at radius 1 is 0.968 bits per heavy atom. The molecule has 4 rings (SSSR count). The highest BCUT2D eigenvalue weighted by molar-refractivity contribution is 6.31. The Morgan fingerprint density at radius 2 is 1.58 bits per heavy atom. The van der Waals surface area contributed by atoms with Crippen LogP contribution in [0.4, 0.5) is 5.69 Å². The third-order valence-electron chi connectivity index (χ3n) is 5.13. The van der Waals surface area contributed by atoms with Gasteiger partial charge in [0.1, 0.15) is 11.8 Å². The normalized spacial score (nSPS) is 13.7. The van der Waals surface area contributed by atoms with Gasteiger partial charge in [-0.25, -0.2) is 0 Å². The molecule has 3 aromatic carbocycles. The highest BCUT2D eigenvalue weighted by Crippen LogP contribution is 2.30. The summed E-state index contributed by atoms with van der Waals surface area (Å²) in [4.78, 5) is 40.5. The van der Waals surface area contributed by atoms with E-state index in [0.29, 0.717) is 27.6 Å². The Labute approximate surface area is 184 Å². The quantitative estimate of drug-likeness (QED) is 0.590. The summed E-state index contributed by atoms with van der Waals surface area (Å²) in [7, 11) is 1.48. The van der Waals surface area contributed by atoms with Crippen LogP contribution in [0.15, 0.2) is 72.8 Å². The van der Waals surface area contributed by atoms with Gasteiger partial charge in [0.05, 0.1) is 23.9 Å². The molecule has 0 unspecified atom stereocenters. The number of halogens is 1. The van der Waals surface area contributed by atoms with Gasteiger partial charge in [-0.1, -0.05) is 54.1 Å². The number of methoxy groups -OCH3 is 1. The topological polar surface area (TPSA) is 75.7 Å². The van der Waals surface area contributed by atoms with Crippen LogP contribution < -0.4 is 10.1 Å². The fourth-order valence-electron chi connectivity index (χ4n) is 3.62. The van der Waals surface area contributed by atoms with Gasteiger partial charge in [-0.15, -0.1) is 0 Å². The molecule has 3 aromatic rings. The van der Waals surface area contributed by atoms with Crippen molar-refractivity contribution in [3.8, 4) is 5.75 Å². The minimum Gasteiger partial charge on any atom is -0.495 e. The second-order valence-electron chi connectivity index (χ2n) is 7.07. The molecule has 0 radical (unpaired) electrons. The number of carbonyl (C=O) groups is 3. The molecule has 6 nitrogen and oxygen atoms in total. The monoisotopic (exact) mass is 434 g/mol. The number of nitrogens with one attached hydrogen (secondary N) is 1. The Bertz CT molecular complexity index is 1130. The Hall–Kier alpha value is -3.64. The molecule has 156 valence electrons. The van der Waals surface area contributed by atoms with Crippen molar-refractivity contribution < 1.29 is 19.1 Å². The van der Waals surface area contributed by atoms with Gasteiger partial charge in [-0.05, 0) is 35.9 Å². The lowest BCUT2D eigenvalue weighted by atomic mass is 10.0. The van der Waals surface area contributed by atoms with Crippen molar-refractivity contribution >= 4 is 35.0 Å². The van der Waals surface area contributed by atoms with Crippen LogP contribution in [0.1, 0.15) is 26.3 Å². The van der Waals surface area contributed by atoms with Crippen molar-refractivity contribution in [2.45, 2.75) is 12.5 Å². The van der Waals surface area contributed by atoms with Gasteiger partial charge in [0.2, 0.25) is 5.91 Å². The number of anilines is 1. The summed E-state index contributed by atoms with van der Waals surface area (Å²) in [6.45, 7) is 0. The maximum absolute atomic E-state index is 13.4. The van der Waals surface area contributed by atoms with Crippen LogP contribution >= 0.6 is 11.6 Å². The summed E-state index contributed by atoms with van der Waals surface area (Å²) in [6.07, 6.45) is 0.168. The number of hydrogen-bond acceptors (Lipinski definition) is 4. The zero-order valence-electron chi connectivity index (χ0n) is 16.7. The summed E-state index contributed by atoms with van der Waals surface area (Å²) in [5.74, 6) is -1.08. The maximum atomic E-state index is 13.4. The number of amides is 3. The molecule has 0 aliphatic carbocycles. The molecule has 0 saturated carbocycles. The molecule has 0 bridgehead atoms. The van der Waals surface area contributed by atoms with Gasteiger partial charge >= 0.3 is 0 Å². The highest BCUT2D eigenvalue weighted by atomic mass is 35.5. The first-order valence-corrected chi connectivity index (χ1v) is 10.0. The lowest BCUT2D eigenvalue weighted by molar-refractivity contribution is -0.119. The van der Waals surface area contributed by atoms with Crippen molar-refractivity contribution in [2.75, 3.05) is 12.4 Å². The number of carbonyl (C=O) groups excluding carboxylic acids is 3. The fourth-order valence-corrected chi connectivity index (χ4v) is 3.80. The van der Waals surface area contributed by atoms with Crippen molar-refractivity contribution in [1.29, 1.82) is 0 Å². The summed E-state index contributed by atoms with van der Waals surface area (Å²) < 4.78 is 5.30. The van der Waals surface area contributed by atoms with E-state index in [1.165, 1.54) is 7.11 Å². The lowest BCUT2D eigenvalue weighted by Gasteiger charge is -2.26. The van der Waals surface area contributed by atoms with Gasteiger partial charge in [0.15, 0.2) is 0 Å². The van der Waals surface area contributed by atoms with Gasteiger partial charge in [0, 0.05) is 11.4 Å². The molecular formula is C24H19ClN2O4. The van der Waals surface area contributed by atoms with Gasteiger partial charge in [-0.2, -0.15) is 0 Å². The summed E-state index contributed by atoms with van der Waals surface area (Å²) in [5.41, 5.74) is 1.75. The number of ether oxygens (including phenoxy) is 1. The standard InChI is InChI=1S/C24H19ClN2O4/c1-31-21-12-11-16(25)14-19(21)26-22(28)20(13-15-7-3-2-4-8-15)27-23(29)17-9-5-6-10-18(17)24(27)30/h2-12,14,20H,13H2,1H3,(H,26,28)/t20-/m0/s1. The van der Waals surface area contributed by atoms with E-state index in [9.17, 15) is 14.4 Å². The number of hydrogen-bond donors (Lipinski definition) is 1.